The number of benzene rings is 2. The van der Waals surface area contributed by atoms with Gasteiger partial charge in [0.25, 0.3) is 5.91 Å². The number of rotatable bonds is 5. The molecule has 1 atom stereocenters. The van der Waals surface area contributed by atoms with Crippen LogP contribution in [-0.4, -0.2) is 49.8 Å². The number of hydrogen-bond donors (Lipinski definition) is 1. The van der Waals surface area contributed by atoms with Crippen LogP contribution in [0.2, 0.25) is 0 Å². The van der Waals surface area contributed by atoms with Crippen LogP contribution in [0, 0.1) is 0 Å². The van der Waals surface area contributed by atoms with Gasteiger partial charge in [0.2, 0.25) is 0 Å². The number of para-hydroxylation sites is 1. The van der Waals surface area contributed by atoms with Crippen LogP contribution in [0.15, 0.2) is 42.5 Å². The fourth-order valence-electron chi connectivity index (χ4n) is 5.41. The fourth-order valence-corrected chi connectivity index (χ4v) is 5.41. The first-order valence-electron chi connectivity index (χ1n) is 12.2. The molecule has 1 spiro atoms. The summed E-state index contributed by atoms with van der Waals surface area (Å²) in [6.45, 7) is 2.00. The summed E-state index contributed by atoms with van der Waals surface area (Å²) in [6, 6.07) is 13.5. The lowest BCUT2D eigenvalue weighted by Crippen LogP contribution is -2.51. The highest BCUT2D eigenvalue weighted by Crippen LogP contribution is 2.44. The van der Waals surface area contributed by atoms with Crippen LogP contribution in [0.1, 0.15) is 66.9 Å². The van der Waals surface area contributed by atoms with Crippen LogP contribution in [-0.2, 0) is 0 Å². The summed E-state index contributed by atoms with van der Waals surface area (Å²) in [5, 5.41) is 3.29. The molecule has 0 unspecified atom stereocenters. The first kappa shape index (κ1) is 22.1. The van der Waals surface area contributed by atoms with Crippen LogP contribution in [0.5, 0.6) is 17.2 Å². The average molecular weight is 451 g/mol. The molecule has 0 radical (unpaired) electrons. The Balaban J connectivity index is 1.35. The number of methoxy groups -OCH3 is 1. The lowest BCUT2D eigenvalue weighted by Gasteiger charge is -2.46. The van der Waals surface area contributed by atoms with Crippen molar-refractivity contribution in [2.45, 2.75) is 62.7 Å². The summed E-state index contributed by atoms with van der Waals surface area (Å²) in [5.74, 6) is 2.10. The van der Waals surface area contributed by atoms with Gasteiger partial charge in [-0.1, -0.05) is 18.2 Å². The van der Waals surface area contributed by atoms with E-state index in [4.69, 9.17) is 14.2 Å². The van der Waals surface area contributed by atoms with Gasteiger partial charge in [0.05, 0.1) is 19.3 Å². The highest BCUT2D eigenvalue weighted by Gasteiger charge is 2.43. The number of amides is 1. The van der Waals surface area contributed by atoms with Crippen LogP contribution in [0.25, 0.3) is 0 Å². The maximum atomic E-state index is 13.3. The Morgan fingerprint density at radius 2 is 1.85 bits per heavy atom. The van der Waals surface area contributed by atoms with Crippen molar-refractivity contribution in [1.82, 2.24) is 10.2 Å². The van der Waals surface area contributed by atoms with Crippen LogP contribution in [0.3, 0.4) is 0 Å². The van der Waals surface area contributed by atoms with Crippen molar-refractivity contribution in [2.75, 3.05) is 27.2 Å². The second-order valence-electron chi connectivity index (χ2n) is 9.75. The number of piperidine rings is 1. The lowest BCUT2D eigenvalue weighted by atomic mass is 9.80. The molecule has 1 amide bonds. The molecule has 2 aliphatic heterocycles. The van der Waals surface area contributed by atoms with Crippen molar-refractivity contribution in [3.05, 3.63) is 53.6 Å². The number of fused-ring (bicyclic) bond motifs is 1. The number of carbonyl (C=O) groups is 1. The molecule has 1 N–H and O–H groups in total. The Bertz CT molecular complexity index is 993. The molecular formula is C27H34N2O4. The molecule has 1 saturated heterocycles. The van der Waals surface area contributed by atoms with Gasteiger partial charge in [-0.05, 0) is 69.8 Å². The zero-order chi connectivity index (χ0) is 22.8. The van der Waals surface area contributed by atoms with E-state index in [1.54, 1.807) is 13.2 Å². The fraction of sp³-hybridized carbons (Fsp3) is 0.519. The Kier molecular flexibility index (Phi) is 6.19. The first-order chi connectivity index (χ1) is 16.0. The molecule has 5 rings (SSSR count). The van der Waals surface area contributed by atoms with E-state index in [-0.39, 0.29) is 23.7 Å². The molecular weight excluding hydrogens is 416 g/mol. The molecule has 0 aromatic heterocycles. The Morgan fingerprint density at radius 3 is 2.61 bits per heavy atom. The normalized spacial score (nSPS) is 22.4. The highest BCUT2D eigenvalue weighted by atomic mass is 16.5. The Morgan fingerprint density at radius 1 is 1.09 bits per heavy atom. The third-order valence-corrected chi connectivity index (χ3v) is 7.42. The average Bonchev–Trinajstić information content (AvgIpc) is 3.34. The number of nitrogens with zero attached hydrogens (tertiary/aromatic N) is 1. The van der Waals surface area contributed by atoms with E-state index in [0.29, 0.717) is 17.1 Å². The summed E-state index contributed by atoms with van der Waals surface area (Å²) >= 11 is 0. The third-order valence-electron chi connectivity index (χ3n) is 7.42. The quantitative estimate of drug-likeness (QED) is 0.713. The summed E-state index contributed by atoms with van der Waals surface area (Å²) in [5.41, 5.74) is 1.39. The van der Waals surface area contributed by atoms with E-state index < -0.39 is 0 Å². The molecule has 0 bridgehead atoms. The molecule has 2 fully saturated rings. The van der Waals surface area contributed by atoms with Crippen molar-refractivity contribution >= 4 is 5.91 Å². The number of likely N-dealkylation sites (tertiary alicyclic amines) is 1. The van der Waals surface area contributed by atoms with Gasteiger partial charge in [-0.3, -0.25) is 4.79 Å². The van der Waals surface area contributed by atoms with E-state index in [1.165, 1.54) is 12.8 Å². The minimum atomic E-state index is -0.227. The molecule has 1 aliphatic carbocycles. The molecule has 176 valence electrons. The second kappa shape index (κ2) is 9.26. The van der Waals surface area contributed by atoms with E-state index in [0.717, 1.165) is 56.5 Å². The topological polar surface area (TPSA) is 60.0 Å². The lowest BCUT2D eigenvalue weighted by molar-refractivity contribution is -0.0195. The maximum Gasteiger partial charge on any atom is 0.251 e. The molecule has 1 saturated carbocycles. The molecule has 6 heteroatoms. The monoisotopic (exact) mass is 450 g/mol. The highest BCUT2D eigenvalue weighted by molar-refractivity contribution is 5.95. The van der Waals surface area contributed by atoms with Crippen molar-refractivity contribution in [3.8, 4) is 17.2 Å². The molecule has 3 aliphatic rings. The second-order valence-corrected chi connectivity index (χ2v) is 9.75. The zero-order valence-electron chi connectivity index (χ0n) is 19.6. The first-order valence-corrected chi connectivity index (χ1v) is 12.2. The van der Waals surface area contributed by atoms with Crippen molar-refractivity contribution in [1.29, 1.82) is 0 Å². The predicted molar refractivity (Wildman–Crippen MR) is 127 cm³/mol. The van der Waals surface area contributed by atoms with Gasteiger partial charge in [0.15, 0.2) is 11.5 Å². The van der Waals surface area contributed by atoms with Gasteiger partial charge >= 0.3 is 0 Å². The number of ether oxygens (including phenoxy) is 3. The number of hydrogen-bond acceptors (Lipinski definition) is 5. The third kappa shape index (κ3) is 4.67. The van der Waals surface area contributed by atoms with Crippen molar-refractivity contribution in [3.63, 3.8) is 0 Å². The minimum Gasteiger partial charge on any atom is -0.493 e. The van der Waals surface area contributed by atoms with E-state index in [9.17, 15) is 4.79 Å². The molecule has 6 nitrogen and oxygen atoms in total. The van der Waals surface area contributed by atoms with Crippen LogP contribution in [0.4, 0.5) is 0 Å². The molecule has 33 heavy (non-hydrogen) atoms. The minimum absolute atomic E-state index is 0.0914. The van der Waals surface area contributed by atoms with Crippen LogP contribution >= 0.6 is 0 Å². The van der Waals surface area contributed by atoms with Gasteiger partial charge in [-0.2, -0.15) is 0 Å². The molecule has 2 heterocycles. The summed E-state index contributed by atoms with van der Waals surface area (Å²) in [6.07, 6.45) is 7.51. The van der Waals surface area contributed by atoms with Crippen molar-refractivity contribution < 1.29 is 19.0 Å². The van der Waals surface area contributed by atoms with Gasteiger partial charge in [0.1, 0.15) is 11.4 Å². The van der Waals surface area contributed by atoms with E-state index in [2.05, 4.69) is 23.3 Å². The standard InChI is InChI=1S/C27H34N2O4/c1-29-15-13-27(14-16-29)18-22(21-9-5-6-10-23(21)33-27)28-26(30)19-11-12-24(25(17-19)31-2)32-20-7-3-4-8-20/h5-6,9-12,17,20,22H,3-4,7-8,13-16,18H2,1-2H3,(H,28,30)/t22-/m1/s1. The summed E-state index contributed by atoms with van der Waals surface area (Å²) < 4.78 is 18.2. The van der Waals surface area contributed by atoms with Gasteiger partial charge in [-0.25, -0.2) is 0 Å². The predicted octanol–water partition coefficient (Wildman–Crippen LogP) is 4.73. The van der Waals surface area contributed by atoms with E-state index >= 15 is 0 Å². The van der Waals surface area contributed by atoms with Gasteiger partial charge < -0.3 is 24.4 Å². The summed E-state index contributed by atoms with van der Waals surface area (Å²) in [7, 11) is 3.77. The van der Waals surface area contributed by atoms with Gasteiger partial charge in [-0.15, -0.1) is 0 Å². The summed E-state index contributed by atoms with van der Waals surface area (Å²) in [4.78, 5) is 15.7. The Hall–Kier alpha value is -2.73. The maximum absolute atomic E-state index is 13.3. The van der Waals surface area contributed by atoms with Crippen molar-refractivity contribution in [2.24, 2.45) is 0 Å². The SMILES string of the molecule is COc1cc(C(=O)N[C@@H]2CC3(CCN(C)CC3)Oc3ccccc32)ccc1OC1CCCC1. The number of carbonyl (C=O) groups excluding carboxylic acids is 1. The largest absolute Gasteiger partial charge is 0.493 e. The molecule has 2 aromatic rings. The van der Waals surface area contributed by atoms with E-state index in [1.807, 2.05) is 30.3 Å². The molecule has 2 aromatic carbocycles. The van der Waals surface area contributed by atoms with Gasteiger partial charge in [0, 0.05) is 30.6 Å². The smallest absolute Gasteiger partial charge is 0.251 e. The Labute approximate surface area is 196 Å². The zero-order valence-corrected chi connectivity index (χ0v) is 19.6. The number of nitrogens with one attached hydrogen (secondary N) is 1. The van der Waals surface area contributed by atoms with Crippen LogP contribution < -0.4 is 19.5 Å².